The molecule has 1 aromatic carbocycles. The van der Waals surface area contributed by atoms with Crippen molar-refractivity contribution in [3.8, 4) is 0 Å². The second kappa shape index (κ2) is 6.36. The summed E-state index contributed by atoms with van der Waals surface area (Å²) in [7, 11) is -4.25. The first-order valence-corrected chi connectivity index (χ1v) is 7.00. The predicted molar refractivity (Wildman–Crippen MR) is 68.2 cm³/mol. The van der Waals surface area contributed by atoms with Crippen LogP contribution in [-0.4, -0.2) is 25.5 Å². The minimum Gasteiger partial charge on any atom is -0.338 e. The lowest BCUT2D eigenvalue weighted by Crippen LogP contribution is -2.29. The Kier molecular flexibility index (Phi) is 5.11. The fraction of sp³-hybridized carbons (Fsp3) is 0.364. The molecule has 1 aromatic rings. The first kappa shape index (κ1) is 14.5. The fourth-order valence-corrected chi connectivity index (χ4v) is 1.81. The molecule has 0 saturated carbocycles. The molecule has 0 unspecified atom stereocenters. The van der Waals surface area contributed by atoms with E-state index in [1.165, 1.54) is 24.3 Å². The third-order valence-electron chi connectivity index (χ3n) is 2.21. The number of urea groups is 1. The molecule has 3 N–H and O–H groups in total. The van der Waals surface area contributed by atoms with Gasteiger partial charge < -0.3 is 10.6 Å². The topological polar surface area (TPSA) is 95.5 Å². The lowest BCUT2D eigenvalue weighted by atomic mass is 10.3. The number of anilines is 1. The van der Waals surface area contributed by atoms with Crippen molar-refractivity contribution in [2.24, 2.45) is 0 Å². The standard InChI is InChI=1S/C11H16N2O4S/c1-2-3-7-12-11(14)13-9-5-4-6-10(8-9)18(15,16)17/h4-6,8H,2-3,7H2,1H3,(H2,12,13,14)(H,15,16,17). The lowest BCUT2D eigenvalue weighted by Gasteiger charge is -2.07. The highest BCUT2D eigenvalue weighted by Gasteiger charge is 2.10. The van der Waals surface area contributed by atoms with E-state index in [9.17, 15) is 13.2 Å². The highest BCUT2D eigenvalue weighted by atomic mass is 32.2. The second-order valence-corrected chi connectivity index (χ2v) is 5.16. The second-order valence-electron chi connectivity index (χ2n) is 3.74. The highest BCUT2D eigenvalue weighted by Crippen LogP contribution is 2.14. The van der Waals surface area contributed by atoms with Crippen molar-refractivity contribution in [2.45, 2.75) is 24.7 Å². The van der Waals surface area contributed by atoms with Crippen molar-refractivity contribution in [3.63, 3.8) is 0 Å². The molecule has 0 heterocycles. The van der Waals surface area contributed by atoms with Crippen LogP contribution in [0.25, 0.3) is 0 Å². The molecule has 0 saturated heterocycles. The Bertz CT molecular complexity index is 514. The number of unbranched alkanes of at least 4 members (excludes halogenated alkanes) is 1. The third-order valence-corrected chi connectivity index (χ3v) is 3.06. The fourth-order valence-electron chi connectivity index (χ4n) is 1.29. The number of benzene rings is 1. The molecular weight excluding hydrogens is 256 g/mol. The van der Waals surface area contributed by atoms with Crippen molar-refractivity contribution in [1.82, 2.24) is 5.32 Å². The van der Waals surface area contributed by atoms with Crippen LogP contribution >= 0.6 is 0 Å². The smallest absolute Gasteiger partial charge is 0.319 e. The number of carbonyl (C=O) groups excluding carboxylic acids is 1. The van der Waals surface area contributed by atoms with Gasteiger partial charge in [-0.2, -0.15) is 8.42 Å². The summed E-state index contributed by atoms with van der Waals surface area (Å²) >= 11 is 0. The zero-order valence-electron chi connectivity index (χ0n) is 10.0. The number of hydrogen-bond donors (Lipinski definition) is 3. The molecule has 0 aliphatic carbocycles. The third kappa shape index (κ3) is 4.72. The molecule has 0 aromatic heterocycles. The summed E-state index contributed by atoms with van der Waals surface area (Å²) in [5, 5.41) is 5.12. The van der Waals surface area contributed by atoms with E-state index in [4.69, 9.17) is 4.55 Å². The van der Waals surface area contributed by atoms with Crippen LogP contribution in [0.4, 0.5) is 10.5 Å². The van der Waals surface area contributed by atoms with Gasteiger partial charge in [0.25, 0.3) is 10.1 Å². The number of rotatable bonds is 5. The van der Waals surface area contributed by atoms with Gasteiger partial charge in [-0.1, -0.05) is 19.4 Å². The molecule has 0 bridgehead atoms. The van der Waals surface area contributed by atoms with Gasteiger partial charge in [0.1, 0.15) is 0 Å². The first-order chi connectivity index (χ1) is 8.43. The van der Waals surface area contributed by atoms with Crippen LogP contribution in [0.1, 0.15) is 19.8 Å². The van der Waals surface area contributed by atoms with Crippen molar-refractivity contribution in [2.75, 3.05) is 11.9 Å². The zero-order chi connectivity index (χ0) is 13.6. The van der Waals surface area contributed by atoms with Crippen molar-refractivity contribution >= 4 is 21.8 Å². The maximum Gasteiger partial charge on any atom is 0.319 e. The van der Waals surface area contributed by atoms with Gasteiger partial charge in [-0.25, -0.2) is 4.79 Å². The van der Waals surface area contributed by atoms with Crippen LogP contribution in [0.3, 0.4) is 0 Å². The van der Waals surface area contributed by atoms with E-state index in [1.54, 1.807) is 0 Å². The molecular formula is C11H16N2O4S. The summed E-state index contributed by atoms with van der Waals surface area (Å²) in [5.41, 5.74) is 0.305. The SMILES string of the molecule is CCCCNC(=O)Nc1cccc(S(=O)(=O)O)c1. The molecule has 0 aliphatic heterocycles. The predicted octanol–water partition coefficient (Wildman–Crippen LogP) is 1.85. The highest BCUT2D eigenvalue weighted by molar-refractivity contribution is 7.85. The summed E-state index contributed by atoms with van der Waals surface area (Å²) in [5.74, 6) is 0. The normalized spacial score (nSPS) is 11.0. The van der Waals surface area contributed by atoms with Crippen molar-refractivity contribution in [1.29, 1.82) is 0 Å². The van der Waals surface area contributed by atoms with Crippen molar-refractivity contribution in [3.05, 3.63) is 24.3 Å². The number of nitrogens with one attached hydrogen (secondary N) is 2. The van der Waals surface area contributed by atoms with E-state index in [2.05, 4.69) is 10.6 Å². The molecule has 7 heteroatoms. The van der Waals surface area contributed by atoms with Gasteiger partial charge in [0.15, 0.2) is 0 Å². The minimum absolute atomic E-state index is 0.256. The van der Waals surface area contributed by atoms with Crippen LogP contribution in [-0.2, 0) is 10.1 Å². The quantitative estimate of drug-likeness (QED) is 0.563. The van der Waals surface area contributed by atoms with E-state index in [1.807, 2.05) is 6.92 Å². The molecule has 2 amide bonds. The van der Waals surface area contributed by atoms with Gasteiger partial charge in [-0.05, 0) is 24.6 Å². The molecule has 6 nitrogen and oxygen atoms in total. The van der Waals surface area contributed by atoms with Gasteiger partial charge in [0, 0.05) is 12.2 Å². The Balaban J connectivity index is 2.65. The van der Waals surface area contributed by atoms with Gasteiger partial charge in [-0.15, -0.1) is 0 Å². The van der Waals surface area contributed by atoms with E-state index >= 15 is 0 Å². The van der Waals surface area contributed by atoms with Crippen LogP contribution in [0.15, 0.2) is 29.2 Å². The largest absolute Gasteiger partial charge is 0.338 e. The van der Waals surface area contributed by atoms with Gasteiger partial charge in [0.05, 0.1) is 4.90 Å². The summed E-state index contributed by atoms with van der Waals surface area (Å²) in [6, 6.07) is 5.00. The van der Waals surface area contributed by atoms with E-state index in [0.29, 0.717) is 12.2 Å². The summed E-state index contributed by atoms with van der Waals surface area (Å²) < 4.78 is 30.7. The van der Waals surface area contributed by atoms with Crippen LogP contribution in [0.5, 0.6) is 0 Å². The first-order valence-electron chi connectivity index (χ1n) is 5.56. The monoisotopic (exact) mass is 272 g/mol. The Morgan fingerprint density at radius 3 is 2.72 bits per heavy atom. The minimum atomic E-state index is -4.25. The molecule has 0 radical (unpaired) electrons. The van der Waals surface area contributed by atoms with E-state index in [0.717, 1.165) is 12.8 Å². The lowest BCUT2D eigenvalue weighted by molar-refractivity contribution is 0.252. The van der Waals surface area contributed by atoms with Gasteiger partial charge >= 0.3 is 6.03 Å². The number of amides is 2. The number of hydrogen-bond acceptors (Lipinski definition) is 3. The molecule has 0 atom stereocenters. The maximum absolute atomic E-state index is 11.4. The van der Waals surface area contributed by atoms with E-state index < -0.39 is 16.1 Å². The Morgan fingerprint density at radius 1 is 1.39 bits per heavy atom. The zero-order valence-corrected chi connectivity index (χ0v) is 10.8. The van der Waals surface area contributed by atoms with Crippen LogP contribution in [0.2, 0.25) is 0 Å². The van der Waals surface area contributed by atoms with Gasteiger partial charge in [0.2, 0.25) is 0 Å². The Morgan fingerprint density at radius 2 is 2.11 bits per heavy atom. The summed E-state index contributed by atoms with van der Waals surface area (Å²) in [6.07, 6.45) is 1.84. The van der Waals surface area contributed by atoms with Crippen LogP contribution in [0, 0.1) is 0 Å². The summed E-state index contributed by atoms with van der Waals surface area (Å²) in [6.45, 7) is 2.56. The summed E-state index contributed by atoms with van der Waals surface area (Å²) in [4.78, 5) is 11.2. The van der Waals surface area contributed by atoms with Crippen LogP contribution < -0.4 is 10.6 Å². The Labute approximate surface area is 106 Å². The molecule has 0 fully saturated rings. The van der Waals surface area contributed by atoms with Crippen molar-refractivity contribution < 1.29 is 17.8 Å². The maximum atomic E-state index is 11.4. The molecule has 100 valence electrons. The Hall–Kier alpha value is -1.60. The molecule has 0 aliphatic rings. The average Bonchev–Trinajstić information content (AvgIpc) is 2.28. The average molecular weight is 272 g/mol. The van der Waals surface area contributed by atoms with Gasteiger partial charge in [-0.3, -0.25) is 4.55 Å². The van der Waals surface area contributed by atoms with E-state index in [-0.39, 0.29) is 4.90 Å². The number of carbonyl (C=O) groups is 1. The molecule has 18 heavy (non-hydrogen) atoms. The molecule has 1 rings (SSSR count). The molecule has 0 spiro atoms.